The van der Waals surface area contributed by atoms with Crippen molar-refractivity contribution in [3.05, 3.63) is 69.7 Å². The minimum atomic E-state index is -1.02. The lowest BCUT2D eigenvalue weighted by atomic mass is 10.1. The van der Waals surface area contributed by atoms with Crippen LogP contribution in [0.15, 0.2) is 53.0 Å². The van der Waals surface area contributed by atoms with Crippen molar-refractivity contribution in [2.75, 3.05) is 91.6 Å². The van der Waals surface area contributed by atoms with Crippen molar-refractivity contribution in [3.8, 4) is 0 Å². The van der Waals surface area contributed by atoms with Gasteiger partial charge in [0.15, 0.2) is 0 Å². The minimum Gasteiger partial charge on any atom is -0.480 e. The lowest BCUT2D eigenvalue weighted by molar-refractivity contribution is -0.140. The molecule has 0 spiro atoms. The molecule has 0 saturated carbocycles. The van der Waals surface area contributed by atoms with E-state index in [2.05, 4.69) is 37.2 Å². The Labute approximate surface area is 371 Å². The number of carbonyl (C=O) groups is 7. The van der Waals surface area contributed by atoms with E-state index in [0.29, 0.717) is 116 Å². The summed E-state index contributed by atoms with van der Waals surface area (Å²) in [4.78, 5) is 91.4. The highest BCUT2D eigenvalue weighted by Gasteiger charge is 2.21. The van der Waals surface area contributed by atoms with Crippen molar-refractivity contribution in [2.45, 2.75) is 64.5 Å². The van der Waals surface area contributed by atoms with Crippen molar-refractivity contribution in [2.24, 2.45) is 0 Å². The highest BCUT2D eigenvalue weighted by Crippen LogP contribution is 2.11. The van der Waals surface area contributed by atoms with Crippen molar-refractivity contribution >= 4 is 57.5 Å². The maximum atomic E-state index is 12.9. The first kappa shape index (κ1) is 51.4. The molecule has 62 heavy (non-hydrogen) atoms. The smallest absolute Gasteiger partial charge is 0.317 e. The van der Waals surface area contributed by atoms with Gasteiger partial charge in [-0.25, -0.2) is 0 Å². The molecule has 2 aromatic rings. The number of carbonyl (C=O) groups excluding carboxylic acids is 4. The molecule has 0 bridgehead atoms. The number of benzene rings is 2. The number of amides is 4. The fourth-order valence-corrected chi connectivity index (χ4v) is 6.98. The summed E-state index contributed by atoms with van der Waals surface area (Å²) in [5.74, 6) is -3.54. The summed E-state index contributed by atoms with van der Waals surface area (Å²) in [5, 5.41) is 39.8. The number of carboxylic acid groups (broad SMARTS) is 3. The normalized spacial score (nSPS) is 14.8. The van der Waals surface area contributed by atoms with Gasteiger partial charge < -0.3 is 36.6 Å². The molecule has 3 rings (SSSR count). The van der Waals surface area contributed by atoms with Gasteiger partial charge in [-0.3, -0.25) is 53.2 Å². The Hall–Kier alpha value is -4.95. The predicted octanol–water partition coefficient (Wildman–Crippen LogP) is 1.82. The number of carboxylic acids is 3. The summed E-state index contributed by atoms with van der Waals surface area (Å²) in [6, 6.07) is 14.8. The van der Waals surface area contributed by atoms with Crippen LogP contribution in [0.1, 0.15) is 72.9 Å². The lowest BCUT2D eigenvalue weighted by Crippen LogP contribution is -2.49. The van der Waals surface area contributed by atoms with Gasteiger partial charge in [0.1, 0.15) is 0 Å². The van der Waals surface area contributed by atoms with Crippen LogP contribution in [0.5, 0.6) is 0 Å². The molecule has 1 fully saturated rings. The highest BCUT2D eigenvalue weighted by atomic mass is 79.9. The van der Waals surface area contributed by atoms with Crippen molar-refractivity contribution in [3.63, 3.8) is 0 Å². The second-order valence-electron chi connectivity index (χ2n) is 15.4. The minimum absolute atomic E-state index is 0.0410. The van der Waals surface area contributed by atoms with Crippen LogP contribution >= 0.6 is 15.9 Å². The number of hydrogen-bond donors (Lipinski definition) is 7. The molecule has 7 N–H and O–H groups in total. The maximum absolute atomic E-state index is 12.9. The number of rotatable bonds is 25. The van der Waals surface area contributed by atoms with E-state index < -0.39 is 17.9 Å². The van der Waals surface area contributed by atoms with E-state index in [1.54, 1.807) is 26.8 Å². The van der Waals surface area contributed by atoms with Crippen LogP contribution in [0, 0.1) is 0 Å². The zero-order chi connectivity index (χ0) is 45.1. The number of nitrogens with one attached hydrogen (secondary N) is 4. The molecule has 342 valence electrons. The summed E-state index contributed by atoms with van der Waals surface area (Å²) in [6.45, 7) is 3.70. The number of unbranched alkanes of at least 4 members (excludes halogenated alkanes) is 4. The lowest BCUT2D eigenvalue weighted by Gasteiger charge is -2.32. The molecule has 0 radical (unpaired) electrons. The number of halogens is 1. The van der Waals surface area contributed by atoms with E-state index in [1.807, 2.05) is 41.3 Å². The van der Waals surface area contributed by atoms with E-state index in [-0.39, 0.29) is 49.8 Å². The van der Waals surface area contributed by atoms with E-state index >= 15 is 0 Å². The Balaban J connectivity index is 1.24. The first-order chi connectivity index (χ1) is 29.7. The molecule has 2 aromatic carbocycles. The van der Waals surface area contributed by atoms with Crippen LogP contribution < -0.4 is 21.3 Å². The van der Waals surface area contributed by atoms with Gasteiger partial charge in [-0.1, -0.05) is 53.0 Å². The molecule has 19 heteroatoms. The molecule has 0 unspecified atom stereocenters. The Bertz CT molecular complexity index is 1700. The molecule has 0 atom stereocenters. The summed E-state index contributed by atoms with van der Waals surface area (Å²) in [6.07, 6.45) is 5.13. The Kier molecular flexibility index (Phi) is 24.3. The van der Waals surface area contributed by atoms with E-state index in [1.165, 1.54) is 0 Å². The average molecular weight is 932 g/mol. The highest BCUT2D eigenvalue weighted by molar-refractivity contribution is 9.10. The fourth-order valence-electron chi connectivity index (χ4n) is 6.71. The van der Waals surface area contributed by atoms with Crippen molar-refractivity contribution in [1.29, 1.82) is 0 Å². The zero-order valence-corrected chi connectivity index (χ0v) is 37.0. The Morgan fingerprint density at radius 3 is 1.31 bits per heavy atom. The van der Waals surface area contributed by atoms with Crippen molar-refractivity contribution in [1.82, 2.24) is 40.9 Å². The van der Waals surface area contributed by atoms with Gasteiger partial charge in [0.05, 0.1) is 26.2 Å². The second kappa shape index (κ2) is 29.4. The average Bonchev–Trinajstić information content (AvgIpc) is 3.22. The topological polar surface area (TPSA) is 241 Å². The first-order valence-electron chi connectivity index (χ1n) is 21.2. The number of nitrogens with zero attached hydrogens (tertiary/aromatic N) is 4. The van der Waals surface area contributed by atoms with Gasteiger partial charge in [-0.05, 0) is 61.1 Å². The monoisotopic (exact) mass is 930 g/mol. The summed E-state index contributed by atoms with van der Waals surface area (Å²) >= 11 is 3.40. The number of aliphatic carboxylic acids is 3. The SMILES string of the molecule is O=C(O)CN1CCN(CC(=O)O)CCN(CC(=O)NCCCCCCC(=O)NCCCCC(=O)NCc2ccc(C(=O)NCc3ccc(Br)cc3)cc2)CCN(CC(=O)O)CC1. The fraction of sp³-hybridized carbons (Fsp3) is 0.558. The van der Waals surface area contributed by atoms with E-state index in [4.69, 9.17) is 0 Å². The van der Waals surface area contributed by atoms with Crippen LogP contribution in [0.3, 0.4) is 0 Å². The molecule has 1 saturated heterocycles. The molecule has 4 amide bonds. The first-order valence-corrected chi connectivity index (χ1v) is 22.0. The van der Waals surface area contributed by atoms with Crippen molar-refractivity contribution < 1.29 is 48.9 Å². The van der Waals surface area contributed by atoms with Gasteiger partial charge in [0.25, 0.3) is 5.91 Å². The second-order valence-corrected chi connectivity index (χ2v) is 16.3. The third-order valence-corrected chi connectivity index (χ3v) is 10.8. The van der Waals surface area contributed by atoms with Gasteiger partial charge in [0, 0.05) is 101 Å². The summed E-state index contributed by atoms with van der Waals surface area (Å²) in [5.41, 5.74) is 2.42. The predicted molar refractivity (Wildman–Crippen MR) is 235 cm³/mol. The van der Waals surface area contributed by atoms with Gasteiger partial charge >= 0.3 is 17.9 Å². The van der Waals surface area contributed by atoms with Gasteiger partial charge in [0.2, 0.25) is 17.7 Å². The molecule has 0 aliphatic carbocycles. The Morgan fingerprint density at radius 2 is 0.823 bits per heavy atom. The standard InChI is InChI=1S/C43H63BrN8O10/c44-36-15-11-34(12-16-36)28-48-43(62)35-13-9-33(10-14-35)27-47-38(54)8-4-6-18-45-37(53)7-3-1-2-5-17-46-39(55)29-49-19-21-50(30-40(56)57)23-25-52(32-42(60)61)26-24-51(22-20-49)31-41(58)59/h9-16H,1-8,17-32H2,(H,45,53)(H,46,55)(H,47,54)(H,48,62)(H,56,57)(H,58,59)(H,60,61). The Morgan fingerprint density at radius 1 is 0.452 bits per heavy atom. The molecule has 0 aromatic heterocycles. The molecule has 18 nitrogen and oxygen atoms in total. The molecular weight excluding hydrogens is 868 g/mol. The summed E-state index contributed by atoms with van der Waals surface area (Å²) < 4.78 is 0.975. The van der Waals surface area contributed by atoms with E-state index in [0.717, 1.165) is 34.9 Å². The third-order valence-electron chi connectivity index (χ3n) is 10.3. The van der Waals surface area contributed by atoms with Crippen LogP contribution in [-0.2, 0) is 41.9 Å². The number of hydrogen-bond acceptors (Lipinski definition) is 11. The molecule has 1 aliphatic heterocycles. The van der Waals surface area contributed by atoms with Crippen LogP contribution in [0.4, 0.5) is 0 Å². The maximum Gasteiger partial charge on any atom is 0.317 e. The molecular formula is C43H63BrN8O10. The van der Waals surface area contributed by atoms with Gasteiger partial charge in [-0.15, -0.1) is 0 Å². The van der Waals surface area contributed by atoms with Crippen LogP contribution in [-0.4, -0.2) is 168 Å². The quantitative estimate of drug-likeness (QED) is 0.0704. The van der Waals surface area contributed by atoms with Gasteiger partial charge in [-0.2, -0.15) is 0 Å². The van der Waals surface area contributed by atoms with Crippen LogP contribution in [0.25, 0.3) is 0 Å². The molecule has 1 heterocycles. The largest absolute Gasteiger partial charge is 0.480 e. The zero-order valence-electron chi connectivity index (χ0n) is 35.5. The van der Waals surface area contributed by atoms with Crippen LogP contribution in [0.2, 0.25) is 0 Å². The third kappa shape index (κ3) is 23.3. The summed E-state index contributed by atoms with van der Waals surface area (Å²) in [7, 11) is 0. The molecule has 1 aliphatic rings. The van der Waals surface area contributed by atoms with E-state index in [9.17, 15) is 48.9 Å².